The lowest BCUT2D eigenvalue weighted by Crippen LogP contribution is -2.49. The molecule has 4 amide bonds. The molecule has 1 aromatic heterocycles. The predicted molar refractivity (Wildman–Crippen MR) is 224 cm³/mol. The molecule has 0 aliphatic carbocycles. The van der Waals surface area contributed by atoms with Crippen molar-refractivity contribution in [2.75, 3.05) is 92.4 Å². The molecular weight excluding hydrogens is 769 g/mol. The number of nitrogens with zero attached hydrogens (tertiary/aromatic N) is 6. The van der Waals surface area contributed by atoms with E-state index < -0.39 is 6.03 Å². The summed E-state index contributed by atoms with van der Waals surface area (Å²) >= 11 is 12.9. The number of aromatic nitrogens is 2. The van der Waals surface area contributed by atoms with E-state index in [2.05, 4.69) is 64.9 Å². The lowest BCUT2D eigenvalue weighted by atomic mass is 9.90. The van der Waals surface area contributed by atoms with E-state index in [0.717, 1.165) is 75.6 Å². The Kier molecular flexibility index (Phi) is 12.5. The van der Waals surface area contributed by atoms with Crippen LogP contribution in [0.25, 0.3) is 0 Å². The third-order valence-corrected chi connectivity index (χ3v) is 11.7. The lowest BCUT2D eigenvalue weighted by Gasteiger charge is -2.40. The summed E-state index contributed by atoms with van der Waals surface area (Å²) in [5.74, 6) is 1.50. The highest BCUT2D eigenvalue weighted by Crippen LogP contribution is 2.44. The van der Waals surface area contributed by atoms with E-state index in [-0.39, 0.29) is 33.5 Å². The second-order valence-corrected chi connectivity index (χ2v) is 15.3. The van der Waals surface area contributed by atoms with Crippen molar-refractivity contribution in [1.82, 2.24) is 20.2 Å². The Balaban J connectivity index is 0.869. The van der Waals surface area contributed by atoms with Crippen LogP contribution in [-0.2, 0) is 9.59 Å². The van der Waals surface area contributed by atoms with Crippen LogP contribution in [-0.4, -0.2) is 99.8 Å². The number of hydrogen-bond acceptors (Lipinski definition) is 11. The third kappa shape index (κ3) is 9.30. The number of urea groups is 1. The first kappa shape index (κ1) is 39.9. The van der Waals surface area contributed by atoms with Crippen LogP contribution >= 0.6 is 23.2 Å². The molecule has 0 radical (unpaired) electrons. The fourth-order valence-electron chi connectivity index (χ4n) is 7.67. The van der Waals surface area contributed by atoms with Crippen molar-refractivity contribution in [3.8, 4) is 11.5 Å². The molecular formula is C41H47Cl2N9O5. The molecule has 3 N–H and O–H groups in total. The molecule has 3 saturated heterocycles. The van der Waals surface area contributed by atoms with Crippen molar-refractivity contribution in [2.24, 2.45) is 5.92 Å². The van der Waals surface area contributed by atoms with Crippen molar-refractivity contribution in [3.05, 3.63) is 82.6 Å². The Bertz CT molecular complexity index is 2060. The van der Waals surface area contributed by atoms with Crippen LogP contribution in [0, 0.1) is 5.92 Å². The first-order chi connectivity index (χ1) is 27.6. The minimum Gasteiger partial charge on any atom is -0.495 e. The van der Waals surface area contributed by atoms with Crippen LogP contribution in [0.4, 0.5) is 39.2 Å². The minimum atomic E-state index is -0.528. The van der Waals surface area contributed by atoms with Gasteiger partial charge in [-0.3, -0.25) is 24.7 Å². The Hall–Kier alpha value is -5.31. The number of carbonyl (C=O) groups is 3. The average molecular weight is 817 g/mol. The molecule has 3 aliphatic heterocycles. The van der Waals surface area contributed by atoms with Gasteiger partial charge in [0.25, 0.3) is 0 Å². The molecule has 1 unspecified atom stereocenters. The predicted octanol–water partition coefficient (Wildman–Crippen LogP) is 6.77. The monoisotopic (exact) mass is 815 g/mol. The maximum atomic E-state index is 13.2. The van der Waals surface area contributed by atoms with Crippen LogP contribution in [0.2, 0.25) is 10.0 Å². The number of piperidine rings is 2. The molecule has 1 atom stereocenters. The molecule has 0 spiro atoms. The highest BCUT2D eigenvalue weighted by atomic mass is 35.5. The fourth-order valence-corrected chi connectivity index (χ4v) is 8.27. The Morgan fingerprint density at radius 2 is 1.54 bits per heavy atom. The van der Waals surface area contributed by atoms with Gasteiger partial charge in [-0.05, 0) is 67.1 Å². The first-order valence-corrected chi connectivity index (χ1v) is 19.9. The van der Waals surface area contributed by atoms with Crippen LogP contribution in [0.3, 0.4) is 0 Å². The normalized spacial score (nSPS) is 17.9. The third-order valence-electron chi connectivity index (χ3n) is 11.0. The van der Waals surface area contributed by atoms with Crippen LogP contribution in [0.5, 0.6) is 11.5 Å². The maximum absolute atomic E-state index is 13.2. The molecule has 0 bridgehead atoms. The largest absolute Gasteiger partial charge is 0.495 e. The van der Waals surface area contributed by atoms with Crippen LogP contribution in [0.15, 0.2) is 67.0 Å². The van der Waals surface area contributed by atoms with E-state index in [4.69, 9.17) is 32.7 Å². The number of carbonyl (C=O) groups excluding carboxylic acids is 3. The van der Waals surface area contributed by atoms with Gasteiger partial charge in [0.05, 0.1) is 25.8 Å². The molecule has 3 aromatic carbocycles. The zero-order valence-corrected chi connectivity index (χ0v) is 33.8. The molecule has 14 nitrogen and oxygen atoms in total. The smallest absolute Gasteiger partial charge is 0.327 e. The molecule has 57 heavy (non-hydrogen) atoms. The van der Waals surface area contributed by atoms with Gasteiger partial charge >= 0.3 is 6.03 Å². The summed E-state index contributed by atoms with van der Waals surface area (Å²) in [6.07, 6.45) is 4.61. The topological polar surface area (TPSA) is 144 Å². The number of nitrogens with one attached hydrogen (secondary N) is 3. The van der Waals surface area contributed by atoms with Gasteiger partial charge < -0.3 is 29.9 Å². The van der Waals surface area contributed by atoms with Gasteiger partial charge in [-0.25, -0.2) is 14.8 Å². The van der Waals surface area contributed by atoms with Gasteiger partial charge in [0.2, 0.25) is 11.8 Å². The van der Waals surface area contributed by atoms with Crippen LogP contribution in [0.1, 0.15) is 37.2 Å². The second-order valence-electron chi connectivity index (χ2n) is 14.5. The molecule has 4 aromatic rings. The number of piperazine rings is 1. The molecule has 0 saturated carbocycles. The van der Waals surface area contributed by atoms with Crippen molar-refractivity contribution in [2.45, 2.75) is 31.6 Å². The summed E-state index contributed by atoms with van der Waals surface area (Å²) in [6, 6.07) is 19.2. The van der Waals surface area contributed by atoms with E-state index in [1.54, 1.807) is 19.2 Å². The Morgan fingerprint density at radius 1 is 0.860 bits per heavy atom. The molecule has 16 heteroatoms. The average Bonchev–Trinajstić information content (AvgIpc) is 3.23. The number of imide groups is 1. The summed E-state index contributed by atoms with van der Waals surface area (Å²) in [5.41, 5.74) is 4.32. The van der Waals surface area contributed by atoms with Crippen molar-refractivity contribution in [3.63, 3.8) is 0 Å². The summed E-state index contributed by atoms with van der Waals surface area (Å²) < 4.78 is 10.6. The number of benzene rings is 3. The van der Waals surface area contributed by atoms with Crippen molar-refractivity contribution < 1.29 is 23.9 Å². The van der Waals surface area contributed by atoms with Gasteiger partial charge in [-0.1, -0.05) is 35.3 Å². The number of halogens is 2. The number of anilines is 6. The maximum Gasteiger partial charge on any atom is 0.327 e. The van der Waals surface area contributed by atoms with Crippen molar-refractivity contribution >= 4 is 75.4 Å². The Labute approximate surface area is 342 Å². The fraction of sp³-hybridized carbons (Fsp3) is 0.390. The SMILES string of the molecule is COc1cc(OC)c(Cl)c(NC(=O)N(C)c2cc(Nc3ccc(N4CCN(CC5CCN(c6cccc(C7CCC(=O)NC7=O)c6)CC5)CC4)cc3)ncn2)c1Cl. The molecule has 4 heterocycles. The quantitative estimate of drug-likeness (QED) is 0.138. The highest BCUT2D eigenvalue weighted by molar-refractivity contribution is 6.41. The van der Waals surface area contributed by atoms with E-state index in [1.807, 2.05) is 24.3 Å². The summed E-state index contributed by atoms with van der Waals surface area (Å²) in [5, 5.41) is 8.81. The minimum absolute atomic E-state index is 0.141. The highest BCUT2D eigenvalue weighted by Gasteiger charge is 2.29. The van der Waals surface area contributed by atoms with E-state index in [0.29, 0.717) is 41.9 Å². The summed E-state index contributed by atoms with van der Waals surface area (Å²) in [4.78, 5) is 54.7. The second kappa shape index (κ2) is 17.9. The molecule has 3 fully saturated rings. The van der Waals surface area contributed by atoms with Crippen LogP contribution < -0.4 is 40.1 Å². The van der Waals surface area contributed by atoms with Gasteiger partial charge in [-0.15, -0.1) is 0 Å². The van der Waals surface area contributed by atoms with Gasteiger partial charge in [0.15, 0.2) is 0 Å². The van der Waals surface area contributed by atoms with E-state index >= 15 is 0 Å². The van der Waals surface area contributed by atoms with E-state index in [1.165, 1.54) is 31.1 Å². The zero-order valence-electron chi connectivity index (χ0n) is 32.3. The number of ether oxygens (including phenoxy) is 2. The summed E-state index contributed by atoms with van der Waals surface area (Å²) in [6.45, 7) is 7.05. The van der Waals surface area contributed by atoms with E-state index in [9.17, 15) is 14.4 Å². The number of methoxy groups -OCH3 is 2. The molecule has 7 rings (SSSR count). The summed E-state index contributed by atoms with van der Waals surface area (Å²) in [7, 11) is 4.49. The van der Waals surface area contributed by atoms with Gasteiger partial charge in [0.1, 0.15) is 39.5 Å². The first-order valence-electron chi connectivity index (χ1n) is 19.1. The zero-order chi connectivity index (χ0) is 40.1. The number of rotatable bonds is 11. The molecule has 300 valence electrons. The molecule has 3 aliphatic rings. The standard InChI is InChI=1S/C41H47Cl2N9O5/c1-49(41(55)48-39-37(42)32(56-2)22-33(57-3)38(39)43)35-23-34(44-25-45-35)46-28-7-9-29(10-8-28)52-19-17-50(18-20-52)24-26-13-15-51(16-14-26)30-6-4-5-27(21-30)31-11-12-36(53)47-40(31)54/h4-10,21-23,25-26,31H,11-20,24H2,1-3H3,(H,48,55)(H,44,45,46)(H,47,53,54). The van der Waals surface area contributed by atoms with Crippen molar-refractivity contribution in [1.29, 1.82) is 0 Å². The van der Waals surface area contributed by atoms with Gasteiger partial charge in [-0.2, -0.15) is 0 Å². The Morgan fingerprint density at radius 3 is 2.21 bits per heavy atom. The lowest BCUT2D eigenvalue weighted by molar-refractivity contribution is -0.134. The number of hydrogen-bond donors (Lipinski definition) is 3. The number of amides is 4. The van der Waals surface area contributed by atoms with Gasteiger partial charge in [0, 0.05) is 88.5 Å².